The van der Waals surface area contributed by atoms with E-state index in [2.05, 4.69) is 224 Å². The van der Waals surface area contributed by atoms with Crippen LogP contribution in [0.25, 0.3) is 99.1 Å². The highest BCUT2D eigenvalue weighted by Crippen LogP contribution is 2.62. The predicted molar refractivity (Wildman–Crippen MR) is 278 cm³/mol. The van der Waals surface area contributed by atoms with Crippen molar-refractivity contribution >= 4 is 77.5 Å². The quantitative estimate of drug-likeness (QED) is 0.154. The van der Waals surface area contributed by atoms with Crippen molar-refractivity contribution in [3.63, 3.8) is 0 Å². The summed E-state index contributed by atoms with van der Waals surface area (Å²) in [5.74, 6) is 0. The zero-order valence-corrected chi connectivity index (χ0v) is 36.9. The van der Waals surface area contributed by atoms with Gasteiger partial charge in [0, 0.05) is 43.8 Å². The molecule has 0 bridgehead atoms. The van der Waals surface area contributed by atoms with Crippen LogP contribution in [0.1, 0.15) is 48.6 Å². The van der Waals surface area contributed by atoms with Crippen LogP contribution in [0.5, 0.6) is 0 Å². The lowest BCUT2D eigenvalue weighted by Crippen LogP contribution is -2.60. The molecular weight excluding hydrogens is 796 g/mol. The van der Waals surface area contributed by atoms with E-state index in [9.17, 15) is 0 Å². The van der Waals surface area contributed by atoms with Gasteiger partial charge in [-0.25, -0.2) is 0 Å². The summed E-state index contributed by atoms with van der Waals surface area (Å²) in [5.41, 5.74) is 26.1. The molecule has 0 saturated carbocycles. The van der Waals surface area contributed by atoms with Crippen molar-refractivity contribution in [2.24, 2.45) is 0 Å². The van der Waals surface area contributed by atoms with Gasteiger partial charge in [0.2, 0.25) is 0 Å². The average Bonchev–Trinajstić information content (AvgIpc) is 3.99. The largest absolute Gasteiger partial charge is 0.310 e. The summed E-state index contributed by atoms with van der Waals surface area (Å²) in [6, 6.07) is 75.0. The number of rotatable bonds is 2. The van der Waals surface area contributed by atoms with Crippen LogP contribution >= 0.6 is 0 Å². The van der Waals surface area contributed by atoms with Gasteiger partial charge in [-0.2, -0.15) is 0 Å². The Labute approximate surface area is 383 Å². The van der Waals surface area contributed by atoms with E-state index in [1.165, 1.54) is 143 Å². The number of nitrogens with zero attached hydrogens (tertiary/aromatic N) is 2. The SMILES string of the molecule is CC(C)(C)c1ccc(-c2ccc(-c3cc4c5c6c3-n3c7ccccc7c7cccc(c73)B6c3cccc6c7cccc(c7n-5c36)C43c4ccccc4-c4ccccc43)c3ccccc23)cc1. The molecule has 1 aliphatic carbocycles. The number of aromatic nitrogens is 2. The first-order chi connectivity index (χ1) is 32.4. The molecule has 12 aromatic rings. The van der Waals surface area contributed by atoms with Crippen molar-refractivity contribution in [3.8, 4) is 44.8 Å². The van der Waals surface area contributed by atoms with Gasteiger partial charge in [-0.1, -0.05) is 203 Å². The number of fused-ring (bicyclic) bond motifs is 15. The molecule has 4 aliphatic rings. The lowest BCUT2D eigenvalue weighted by Gasteiger charge is -2.44. The topological polar surface area (TPSA) is 9.86 Å². The van der Waals surface area contributed by atoms with E-state index in [1.54, 1.807) is 0 Å². The Morgan fingerprint density at radius 3 is 1.61 bits per heavy atom. The first-order valence-electron chi connectivity index (χ1n) is 23.6. The minimum absolute atomic E-state index is 0.0204. The Hall–Kier alpha value is -7.88. The van der Waals surface area contributed by atoms with Crippen molar-refractivity contribution in [1.29, 1.82) is 0 Å². The van der Waals surface area contributed by atoms with Gasteiger partial charge in [-0.3, -0.25) is 0 Å². The molecular formula is C63H41BN2. The molecule has 0 N–H and O–H groups in total. The first kappa shape index (κ1) is 35.5. The lowest BCUT2D eigenvalue weighted by atomic mass is 9.33. The van der Waals surface area contributed by atoms with Gasteiger partial charge in [0.1, 0.15) is 0 Å². The van der Waals surface area contributed by atoms with Gasteiger partial charge in [-0.15, -0.1) is 0 Å². The number of hydrogen-bond acceptors (Lipinski definition) is 0. The summed E-state index contributed by atoms with van der Waals surface area (Å²) in [6.07, 6.45) is 0. The number of benzene rings is 10. The Balaban J connectivity index is 1.14. The minimum atomic E-state index is -0.562. The van der Waals surface area contributed by atoms with Crippen molar-refractivity contribution in [2.75, 3.05) is 0 Å². The Bertz CT molecular complexity index is 4160. The highest BCUT2D eigenvalue weighted by molar-refractivity contribution is 7.00. The second-order valence-electron chi connectivity index (χ2n) is 20.3. The van der Waals surface area contributed by atoms with E-state index in [4.69, 9.17) is 0 Å². The summed E-state index contributed by atoms with van der Waals surface area (Å²) in [6.45, 7) is 6.90. The van der Waals surface area contributed by atoms with Crippen molar-refractivity contribution < 1.29 is 0 Å². The third-order valence-corrected chi connectivity index (χ3v) is 16.3. The molecule has 1 spiro atoms. The molecule has 0 saturated heterocycles. The summed E-state index contributed by atoms with van der Waals surface area (Å²) < 4.78 is 5.39. The molecule has 10 aromatic carbocycles. The molecule has 0 unspecified atom stereocenters. The van der Waals surface area contributed by atoms with Gasteiger partial charge < -0.3 is 9.13 Å². The molecule has 0 radical (unpaired) electrons. The van der Waals surface area contributed by atoms with Crippen molar-refractivity contribution in [3.05, 3.63) is 222 Å². The van der Waals surface area contributed by atoms with Gasteiger partial charge in [0.05, 0.1) is 22.1 Å². The van der Waals surface area contributed by atoms with Crippen LogP contribution in [0.2, 0.25) is 0 Å². The predicted octanol–water partition coefficient (Wildman–Crippen LogP) is 13.5. The normalized spacial score (nSPS) is 14.4. The molecule has 0 atom stereocenters. The Kier molecular flexibility index (Phi) is 6.38. The smallest absolute Gasteiger partial charge is 0.252 e. The fourth-order valence-corrected chi connectivity index (χ4v) is 13.7. The fourth-order valence-electron chi connectivity index (χ4n) is 13.7. The summed E-state index contributed by atoms with van der Waals surface area (Å²) in [7, 11) is 0. The van der Waals surface area contributed by atoms with Crippen LogP contribution < -0.4 is 16.4 Å². The van der Waals surface area contributed by atoms with Gasteiger partial charge in [0.15, 0.2) is 0 Å². The maximum atomic E-state index is 2.72. The van der Waals surface area contributed by atoms with Crippen LogP contribution in [-0.4, -0.2) is 15.8 Å². The van der Waals surface area contributed by atoms with Crippen LogP contribution in [0.4, 0.5) is 0 Å². The second-order valence-corrected chi connectivity index (χ2v) is 20.3. The van der Waals surface area contributed by atoms with E-state index >= 15 is 0 Å². The molecule has 16 rings (SSSR count). The number of para-hydroxylation sites is 4. The second kappa shape index (κ2) is 11.9. The fraction of sp³-hybridized carbons (Fsp3) is 0.0794. The van der Waals surface area contributed by atoms with Gasteiger partial charge >= 0.3 is 0 Å². The first-order valence-corrected chi connectivity index (χ1v) is 23.6. The maximum Gasteiger partial charge on any atom is 0.252 e. The molecule has 3 aliphatic heterocycles. The van der Waals surface area contributed by atoms with Crippen molar-refractivity contribution in [2.45, 2.75) is 31.6 Å². The zero-order valence-electron chi connectivity index (χ0n) is 36.9. The average molecular weight is 837 g/mol. The van der Waals surface area contributed by atoms with Gasteiger partial charge in [-0.05, 0) is 100 Å². The third-order valence-electron chi connectivity index (χ3n) is 16.3. The molecule has 5 heterocycles. The summed E-state index contributed by atoms with van der Waals surface area (Å²) in [5, 5.41) is 7.80. The molecule has 2 aromatic heterocycles. The zero-order chi connectivity index (χ0) is 43.4. The van der Waals surface area contributed by atoms with E-state index < -0.39 is 5.41 Å². The highest BCUT2D eigenvalue weighted by atomic mass is 15.1. The molecule has 66 heavy (non-hydrogen) atoms. The van der Waals surface area contributed by atoms with Crippen LogP contribution in [0.15, 0.2) is 194 Å². The van der Waals surface area contributed by atoms with E-state index in [0.29, 0.717) is 0 Å². The Morgan fingerprint density at radius 1 is 0.379 bits per heavy atom. The minimum Gasteiger partial charge on any atom is -0.310 e. The van der Waals surface area contributed by atoms with E-state index in [1.807, 2.05) is 0 Å². The molecule has 306 valence electrons. The molecule has 2 nitrogen and oxygen atoms in total. The van der Waals surface area contributed by atoms with Gasteiger partial charge in [0.25, 0.3) is 6.71 Å². The standard InChI is InChI=1S/C63H41BN2/c1-62(2,3)37-31-29-36(30-32-37)38-33-34-41(40-16-5-4-15-39(38)40)48-35-52-61-56-60(48)65-55-28-11-8-19-44(55)45-21-13-26-53(58(45)65)64(56)54-27-14-22-47-46-20-12-25-51(57(46)66(61)59(47)54)63(52)49-23-9-6-17-42(49)43-18-7-10-24-50(43)63/h4-35H,1-3H3. The highest BCUT2D eigenvalue weighted by Gasteiger charge is 2.54. The van der Waals surface area contributed by atoms with Crippen LogP contribution in [-0.2, 0) is 10.8 Å². The lowest BCUT2D eigenvalue weighted by molar-refractivity contribution is 0.590. The molecule has 0 amide bonds. The molecule has 3 heteroatoms. The summed E-state index contributed by atoms with van der Waals surface area (Å²) in [4.78, 5) is 0. The monoisotopic (exact) mass is 836 g/mol. The summed E-state index contributed by atoms with van der Waals surface area (Å²) >= 11 is 0. The van der Waals surface area contributed by atoms with Crippen LogP contribution in [0, 0.1) is 0 Å². The molecule has 0 fully saturated rings. The third kappa shape index (κ3) is 3.98. The number of hydrogen-bond donors (Lipinski definition) is 0. The van der Waals surface area contributed by atoms with E-state index in [0.717, 1.165) is 0 Å². The van der Waals surface area contributed by atoms with E-state index in [-0.39, 0.29) is 12.1 Å². The van der Waals surface area contributed by atoms with Crippen molar-refractivity contribution in [1.82, 2.24) is 9.13 Å². The van der Waals surface area contributed by atoms with Crippen LogP contribution in [0.3, 0.4) is 0 Å². The maximum absolute atomic E-state index is 2.72. The Morgan fingerprint density at radius 2 is 0.909 bits per heavy atom.